The number of ether oxygens (including phenoxy) is 1. The molecule has 0 aromatic heterocycles. The first-order valence-electron chi connectivity index (χ1n) is 9.08. The van der Waals surface area contributed by atoms with Crippen molar-refractivity contribution in [1.82, 2.24) is 0 Å². The molecule has 0 heterocycles. The van der Waals surface area contributed by atoms with E-state index < -0.39 is 0 Å². The fraction of sp³-hybridized carbons (Fsp3) is 0.667. The summed E-state index contributed by atoms with van der Waals surface area (Å²) >= 11 is 0. The monoisotopic (exact) mass is 312 g/mol. The number of esters is 1. The molecule has 23 heavy (non-hydrogen) atoms. The van der Waals surface area contributed by atoms with E-state index in [-0.39, 0.29) is 16.8 Å². The van der Waals surface area contributed by atoms with Crippen molar-refractivity contribution < 1.29 is 9.53 Å². The van der Waals surface area contributed by atoms with Gasteiger partial charge < -0.3 is 4.74 Å². The van der Waals surface area contributed by atoms with Crippen LogP contribution in [0.3, 0.4) is 0 Å². The normalized spacial score (nSPS) is 40.7. The highest BCUT2D eigenvalue weighted by Gasteiger charge is 2.65. The lowest BCUT2D eigenvalue weighted by Gasteiger charge is -2.57. The third-order valence-electron chi connectivity index (χ3n) is 7.45. The number of hydrogen-bond acceptors (Lipinski definition) is 2. The van der Waals surface area contributed by atoms with Crippen LogP contribution < -0.4 is 0 Å². The van der Waals surface area contributed by atoms with E-state index in [9.17, 15) is 4.79 Å². The Morgan fingerprint density at radius 2 is 1.83 bits per heavy atom. The molecule has 1 spiro atoms. The zero-order valence-electron chi connectivity index (χ0n) is 14.6. The summed E-state index contributed by atoms with van der Waals surface area (Å²) in [7, 11) is 1.54. The molecular weight excluding hydrogens is 284 g/mol. The summed E-state index contributed by atoms with van der Waals surface area (Å²) in [6.45, 7) is 4.60. The summed E-state index contributed by atoms with van der Waals surface area (Å²) < 4.78 is 5.22. The molecule has 3 aliphatic carbocycles. The lowest BCUT2D eigenvalue weighted by atomic mass is 9.46. The van der Waals surface area contributed by atoms with E-state index in [0.717, 1.165) is 18.8 Å². The summed E-state index contributed by atoms with van der Waals surface area (Å²) in [6.07, 6.45) is 7.15. The lowest BCUT2D eigenvalue weighted by molar-refractivity contribution is -0.160. The highest BCUT2D eigenvalue weighted by Crippen LogP contribution is 2.71. The Kier molecular flexibility index (Phi) is 3.21. The number of carbonyl (C=O) groups is 1. The molecule has 2 nitrogen and oxygen atoms in total. The second kappa shape index (κ2) is 4.84. The van der Waals surface area contributed by atoms with Crippen LogP contribution in [0.25, 0.3) is 0 Å². The smallest absolute Gasteiger partial charge is 0.311 e. The van der Waals surface area contributed by atoms with Crippen LogP contribution in [0, 0.1) is 22.7 Å². The summed E-state index contributed by atoms with van der Waals surface area (Å²) in [5, 5.41) is 0. The topological polar surface area (TPSA) is 26.3 Å². The Morgan fingerprint density at radius 1 is 1.13 bits per heavy atom. The molecule has 1 aromatic carbocycles. The maximum atomic E-state index is 12.6. The van der Waals surface area contributed by atoms with E-state index in [2.05, 4.69) is 44.2 Å². The van der Waals surface area contributed by atoms with Crippen molar-refractivity contribution in [3.05, 3.63) is 35.9 Å². The number of methoxy groups -OCH3 is 1. The predicted octanol–water partition coefficient (Wildman–Crippen LogP) is 4.72. The molecule has 4 atom stereocenters. The molecule has 0 saturated heterocycles. The van der Waals surface area contributed by atoms with Gasteiger partial charge in [0.1, 0.15) is 0 Å². The fourth-order valence-corrected chi connectivity index (χ4v) is 6.31. The zero-order chi connectivity index (χ0) is 16.3. The van der Waals surface area contributed by atoms with Gasteiger partial charge in [0.25, 0.3) is 0 Å². The minimum Gasteiger partial charge on any atom is -0.469 e. The Balaban J connectivity index is 1.79. The zero-order valence-corrected chi connectivity index (χ0v) is 14.6. The minimum atomic E-state index is -0.330. The van der Waals surface area contributed by atoms with Gasteiger partial charge in [0.2, 0.25) is 0 Å². The molecule has 4 rings (SSSR count). The Morgan fingerprint density at radius 3 is 2.43 bits per heavy atom. The van der Waals surface area contributed by atoms with Gasteiger partial charge in [-0.2, -0.15) is 0 Å². The number of benzene rings is 1. The first-order valence-corrected chi connectivity index (χ1v) is 9.08. The van der Waals surface area contributed by atoms with Gasteiger partial charge in [-0.25, -0.2) is 0 Å². The van der Waals surface area contributed by atoms with Crippen molar-refractivity contribution >= 4 is 5.97 Å². The molecule has 1 aromatic rings. The van der Waals surface area contributed by atoms with Crippen LogP contribution in [-0.4, -0.2) is 13.1 Å². The molecular formula is C21H28O2. The van der Waals surface area contributed by atoms with Crippen LogP contribution in [0.1, 0.15) is 57.9 Å². The van der Waals surface area contributed by atoms with Gasteiger partial charge in [-0.05, 0) is 73.7 Å². The predicted molar refractivity (Wildman–Crippen MR) is 91.0 cm³/mol. The van der Waals surface area contributed by atoms with Crippen LogP contribution in [0.5, 0.6) is 0 Å². The maximum Gasteiger partial charge on any atom is 0.311 e. The second-order valence-electron chi connectivity index (χ2n) is 8.82. The van der Waals surface area contributed by atoms with Crippen molar-refractivity contribution in [2.24, 2.45) is 22.7 Å². The summed E-state index contributed by atoms with van der Waals surface area (Å²) in [6, 6.07) is 10.9. The van der Waals surface area contributed by atoms with E-state index in [0.29, 0.717) is 11.3 Å². The van der Waals surface area contributed by atoms with Crippen molar-refractivity contribution in [1.29, 1.82) is 0 Å². The van der Waals surface area contributed by atoms with Crippen LogP contribution in [-0.2, 0) is 14.9 Å². The van der Waals surface area contributed by atoms with Gasteiger partial charge in [0.05, 0.1) is 12.5 Å². The van der Waals surface area contributed by atoms with Crippen molar-refractivity contribution in [2.75, 3.05) is 7.11 Å². The molecule has 3 aliphatic rings. The maximum absolute atomic E-state index is 12.6. The van der Waals surface area contributed by atoms with E-state index in [1.807, 2.05) is 0 Å². The van der Waals surface area contributed by atoms with Crippen molar-refractivity contribution in [3.63, 3.8) is 0 Å². The Labute approximate surface area is 139 Å². The molecule has 0 N–H and O–H groups in total. The van der Waals surface area contributed by atoms with Gasteiger partial charge in [-0.1, -0.05) is 37.3 Å². The van der Waals surface area contributed by atoms with E-state index >= 15 is 0 Å². The highest BCUT2D eigenvalue weighted by atomic mass is 16.5. The van der Waals surface area contributed by atoms with Crippen LogP contribution in [0.4, 0.5) is 0 Å². The van der Waals surface area contributed by atoms with Crippen molar-refractivity contribution in [2.45, 2.75) is 57.8 Å². The van der Waals surface area contributed by atoms with Gasteiger partial charge >= 0.3 is 5.97 Å². The third kappa shape index (κ3) is 2.10. The third-order valence-corrected chi connectivity index (χ3v) is 7.45. The number of rotatable bonds is 2. The van der Waals surface area contributed by atoms with Gasteiger partial charge in [-0.3, -0.25) is 4.79 Å². The Hall–Kier alpha value is -1.31. The van der Waals surface area contributed by atoms with Crippen LogP contribution in [0.15, 0.2) is 30.3 Å². The molecule has 124 valence electrons. The summed E-state index contributed by atoms with van der Waals surface area (Å²) in [5.41, 5.74) is 1.78. The first kappa shape index (κ1) is 15.2. The minimum absolute atomic E-state index is 0.00661. The molecule has 0 amide bonds. The molecule has 0 radical (unpaired) electrons. The summed E-state index contributed by atoms with van der Waals surface area (Å²) in [5.74, 6) is 1.43. The average Bonchev–Trinajstić information content (AvgIpc) is 3.35. The quantitative estimate of drug-likeness (QED) is 0.738. The van der Waals surface area contributed by atoms with Crippen LogP contribution in [0.2, 0.25) is 0 Å². The van der Waals surface area contributed by atoms with E-state index in [1.165, 1.54) is 31.2 Å². The van der Waals surface area contributed by atoms with Gasteiger partial charge in [0, 0.05) is 0 Å². The van der Waals surface area contributed by atoms with Gasteiger partial charge in [-0.15, -0.1) is 0 Å². The van der Waals surface area contributed by atoms with E-state index in [1.54, 1.807) is 7.11 Å². The standard InChI is InChI=1S/C21H28O2/c1-15-11-20(16-7-5-4-6-8-16)13-17(21(15)9-10-21)12-19(2,14-20)18(22)23-3/h4-8,15,17H,9-14H2,1-3H3. The molecule has 3 fully saturated rings. The fourth-order valence-electron chi connectivity index (χ4n) is 6.31. The SMILES string of the molecule is COC(=O)C1(C)CC2CC(c3ccccc3)(CC(C)C23CC3)C1. The molecule has 4 unspecified atom stereocenters. The number of carbonyl (C=O) groups excluding carboxylic acids is 1. The highest BCUT2D eigenvalue weighted by molar-refractivity contribution is 5.77. The Bertz CT molecular complexity index is 614. The average molecular weight is 312 g/mol. The van der Waals surface area contributed by atoms with Crippen LogP contribution >= 0.6 is 0 Å². The number of hydrogen-bond donors (Lipinski definition) is 0. The lowest BCUT2D eigenvalue weighted by Crippen LogP contribution is -2.53. The van der Waals surface area contributed by atoms with Gasteiger partial charge in [0.15, 0.2) is 0 Å². The van der Waals surface area contributed by atoms with E-state index in [4.69, 9.17) is 4.74 Å². The second-order valence-corrected chi connectivity index (χ2v) is 8.82. The molecule has 0 aliphatic heterocycles. The first-order chi connectivity index (χ1) is 10.9. The molecule has 2 bridgehead atoms. The van der Waals surface area contributed by atoms with Crippen molar-refractivity contribution in [3.8, 4) is 0 Å². The largest absolute Gasteiger partial charge is 0.469 e. The molecule has 2 heteroatoms. The summed E-state index contributed by atoms with van der Waals surface area (Å²) in [4.78, 5) is 12.6. The number of fused-ring (bicyclic) bond motifs is 3. The molecule has 3 saturated carbocycles.